The van der Waals surface area contributed by atoms with E-state index in [2.05, 4.69) is 30.8 Å². The van der Waals surface area contributed by atoms with Gasteiger partial charge in [0.2, 0.25) is 5.28 Å². The van der Waals surface area contributed by atoms with E-state index in [9.17, 15) is 0 Å². The SMILES string of the molecule is N#CCCCn1ccc2nc(Cl)nc(NC3CCC(N4CCOCC4)CC3)c21. The molecule has 8 heteroatoms. The molecule has 3 heterocycles. The van der Waals surface area contributed by atoms with Gasteiger partial charge in [-0.2, -0.15) is 10.2 Å². The lowest BCUT2D eigenvalue weighted by molar-refractivity contribution is 0.00791. The predicted octanol–water partition coefficient (Wildman–Crippen LogP) is 3.44. The lowest BCUT2D eigenvalue weighted by Crippen LogP contribution is -2.46. The molecule has 28 heavy (non-hydrogen) atoms. The molecule has 1 saturated heterocycles. The maximum Gasteiger partial charge on any atom is 0.225 e. The van der Waals surface area contributed by atoms with Crippen molar-refractivity contribution in [2.75, 3.05) is 31.6 Å². The van der Waals surface area contributed by atoms with E-state index < -0.39 is 0 Å². The first-order valence-corrected chi connectivity index (χ1v) is 10.6. The molecule has 7 nitrogen and oxygen atoms in total. The lowest BCUT2D eigenvalue weighted by atomic mass is 9.90. The fourth-order valence-electron chi connectivity index (χ4n) is 4.42. The van der Waals surface area contributed by atoms with E-state index >= 15 is 0 Å². The Morgan fingerprint density at radius 1 is 1.21 bits per heavy atom. The van der Waals surface area contributed by atoms with Crippen molar-refractivity contribution in [3.05, 3.63) is 17.5 Å². The van der Waals surface area contributed by atoms with Gasteiger partial charge in [0.1, 0.15) is 5.52 Å². The monoisotopic (exact) mass is 402 g/mol. The topological polar surface area (TPSA) is 79.0 Å². The minimum absolute atomic E-state index is 0.270. The van der Waals surface area contributed by atoms with Gasteiger partial charge >= 0.3 is 0 Å². The van der Waals surface area contributed by atoms with Crippen LogP contribution in [0.25, 0.3) is 11.0 Å². The van der Waals surface area contributed by atoms with Crippen molar-refractivity contribution in [1.82, 2.24) is 19.4 Å². The summed E-state index contributed by atoms with van der Waals surface area (Å²) in [6.07, 6.45) is 8.01. The summed E-state index contributed by atoms with van der Waals surface area (Å²) >= 11 is 6.17. The van der Waals surface area contributed by atoms with Gasteiger partial charge in [0, 0.05) is 44.3 Å². The zero-order chi connectivity index (χ0) is 19.3. The third-order valence-corrected chi connectivity index (χ3v) is 6.04. The molecule has 2 fully saturated rings. The molecule has 0 spiro atoms. The van der Waals surface area contributed by atoms with Gasteiger partial charge in [-0.25, -0.2) is 4.98 Å². The van der Waals surface area contributed by atoms with Gasteiger partial charge in [0.05, 0.1) is 24.8 Å². The fraction of sp³-hybridized carbons (Fsp3) is 0.650. The number of fused-ring (bicyclic) bond motifs is 1. The maximum absolute atomic E-state index is 8.81. The van der Waals surface area contributed by atoms with Crippen molar-refractivity contribution < 1.29 is 4.74 Å². The summed E-state index contributed by atoms with van der Waals surface area (Å²) in [4.78, 5) is 11.4. The highest BCUT2D eigenvalue weighted by molar-refractivity contribution is 6.28. The van der Waals surface area contributed by atoms with Gasteiger partial charge in [0.25, 0.3) is 0 Å². The first kappa shape index (κ1) is 19.4. The zero-order valence-corrected chi connectivity index (χ0v) is 16.9. The Morgan fingerprint density at radius 2 is 2.00 bits per heavy atom. The van der Waals surface area contributed by atoms with Crippen LogP contribution in [0.5, 0.6) is 0 Å². The number of ether oxygens (including phenoxy) is 1. The van der Waals surface area contributed by atoms with Gasteiger partial charge in [-0.05, 0) is 49.8 Å². The quantitative estimate of drug-likeness (QED) is 0.589. The number of anilines is 1. The molecule has 2 aliphatic rings. The Kier molecular flexibility index (Phi) is 6.30. The molecule has 0 radical (unpaired) electrons. The van der Waals surface area contributed by atoms with Crippen LogP contribution in [-0.4, -0.2) is 57.8 Å². The highest BCUT2D eigenvalue weighted by atomic mass is 35.5. The van der Waals surface area contributed by atoms with Crippen LogP contribution in [-0.2, 0) is 11.3 Å². The van der Waals surface area contributed by atoms with E-state index in [0.29, 0.717) is 18.5 Å². The Bertz CT molecular complexity index is 833. The minimum atomic E-state index is 0.270. The largest absolute Gasteiger partial charge is 0.379 e. The van der Waals surface area contributed by atoms with Crippen molar-refractivity contribution in [3.63, 3.8) is 0 Å². The molecule has 0 bridgehead atoms. The van der Waals surface area contributed by atoms with Crippen LogP contribution in [0.15, 0.2) is 12.3 Å². The van der Waals surface area contributed by atoms with E-state index in [1.165, 1.54) is 12.8 Å². The van der Waals surface area contributed by atoms with Crippen molar-refractivity contribution >= 4 is 28.5 Å². The number of aryl methyl sites for hydroxylation is 1. The minimum Gasteiger partial charge on any atom is -0.379 e. The smallest absolute Gasteiger partial charge is 0.225 e. The summed E-state index contributed by atoms with van der Waals surface area (Å²) in [5.74, 6) is 0.812. The Balaban J connectivity index is 1.44. The van der Waals surface area contributed by atoms with Crippen LogP contribution in [0.1, 0.15) is 38.5 Å². The van der Waals surface area contributed by atoms with Crippen molar-refractivity contribution in [2.45, 2.75) is 57.2 Å². The molecule has 4 rings (SSSR count). The highest BCUT2D eigenvalue weighted by Crippen LogP contribution is 2.29. The van der Waals surface area contributed by atoms with Gasteiger partial charge in [-0.15, -0.1) is 0 Å². The van der Waals surface area contributed by atoms with Crippen molar-refractivity contribution in [1.29, 1.82) is 5.26 Å². The molecular formula is C20H27ClN6O. The second kappa shape index (κ2) is 9.08. The summed E-state index contributed by atoms with van der Waals surface area (Å²) in [5, 5.41) is 12.7. The van der Waals surface area contributed by atoms with Gasteiger partial charge < -0.3 is 14.6 Å². The van der Waals surface area contributed by atoms with Crippen LogP contribution < -0.4 is 5.32 Å². The lowest BCUT2D eigenvalue weighted by Gasteiger charge is -2.39. The molecule has 0 aromatic carbocycles. The highest BCUT2D eigenvalue weighted by Gasteiger charge is 2.27. The Morgan fingerprint density at radius 3 is 2.75 bits per heavy atom. The molecule has 1 N–H and O–H groups in total. The molecule has 1 aliphatic heterocycles. The maximum atomic E-state index is 8.81. The summed E-state index contributed by atoms with van der Waals surface area (Å²) in [7, 11) is 0. The summed E-state index contributed by atoms with van der Waals surface area (Å²) in [6.45, 7) is 4.61. The number of nitriles is 1. The number of hydrogen-bond acceptors (Lipinski definition) is 6. The molecule has 0 unspecified atom stereocenters. The van der Waals surface area contributed by atoms with E-state index in [4.69, 9.17) is 21.6 Å². The van der Waals surface area contributed by atoms with E-state index in [1.54, 1.807) is 0 Å². The van der Waals surface area contributed by atoms with Crippen LogP contribution >= 0.6 is 11.6 Å². The molecule has 2 aromatic rings. The molecular weight excluding hydrogens is 376 g/mol. The Hall–Kier alpha value is -1.88. The van der Waals surface area contributed by atoms with Crippen LogP contribution in [0.2, 0.25) is 5.28 Å². The number of nitrogens with zero attached hydrogens (tertiary/aromatic N) is 5. The molecule has 2 aromatic heterocycles. The molecule has 0 amide bonds. The number of aromatic nitrogens is 3. The molecule has 1 saturated carbocycles. The standard InChI is InChI=1S/C20H27ClN6O/c21-20-24-17-7-10-27(9-2-1-8-22)18(17)19(25-20)23-15-3-5-16(6-4-15)26-11-13-28-14-12-26/h7,10,15-16H,1-6,9,11-14H2,(H,23,24,25). The number of hydrogen-bond donors (Lipinski definition) is 1. The van der Waals surface area contributed by atoms with Gasteiger partial charge in [0.15, 0.2) is 5.82 Å². The zero-order valence-electron chi connectivity index (χ0n) is 16.1. The molecule has 0 atom stereocenters. The third-order valence-electron chi connectivity index (χ3n) is 5.87. The normalized spacial score (nSPS) is 23.6. The number of nitrogens with one attached hydrogen (secondary N) is 1. The fourth-order valence-corrected chi connectivity index (χ4v) is 4.59. The van der Waals surface area contributed by atoms with Crippen LogP contribution in [0.4, 0.5) is 5.82 Å². The van der Waals surface area contributed by atoms with E-state index in [0.717, 1.165) is 69.0 Å². The average molecular weight is 403 g/mol. The van der Waals surface area contributed by atoms with Crippen LogP contribution in [0, 0.1) is 11.3 Å². The second-order valence-electron chi connectivity index (χ2n) is 7.64. The average Bonchev–Trinajstić information content (AvgIpc) is 3.12. The number of halogens is 1. The number of rotatable bonds is 6. The summed E-state index contributed by atoms with van der Waals surface area (Å²) < 4.78 is 7.61. The first-order chi connectivity index (χ1) is 13.7. The summed E-state index contributed by atoms with van der Waals surface area (Å²) in [6, 6.07) is 5.24. The van der Waals surface area contributed by atoms with Gasteiger partial charge in [-0.1, -0.05) is 0 Å². The molecule has 1 aliphatic carbocycles. The van der Waals surface area contributed by atoms with E-state index in [-0.39, 0.29) is 5.28 Å². The van der Waals surface area contributed by atoms with Crippen molar-refractivity contribution in [2.24, 2.45) is 0 Å². The number of unbranched alkanes of at least 4 members (excludes halogenated alkanes) is 1. The van der Waals surface area contributed by atoms with Crippen molar-refractivity contribution in [3.8, 4) is 6.07 Å². The first-order valence-electron chi connectivity index (χ1n) is 10.2. The third kappa shape index (κ3) is 4.40. The predicted molar refractivity (Wildman–Crippen MR) is 109 cm³/mol. The van der Waals surface area contributed by atoms with Gasteiger partial charge in [-0.3, -0.25) is 4.90 Å². The van der Waals surface area contributed by atoms with E-state index in [1.807, 2.05) is 12.3 Å². The summed E-state index contributed by atoms with van der Waals surface area (Å²) in [5.41, 5.74) is 1.83. The van der Waals surface area contributed by atoms with Crippen LogP contribution in [0.3, 0.4) is 0 Å². The molecule has 150 valence electrons. The second-order valence-corrected chi connectivity index (χ2v) is 7.98. The number of morpholine rings is 1. The Labute approximate surface area is 170 Å².